The van der Waals surface area contributed by atoms with Crippen molar-refractivity contribution in [1.82, 2.24) is 0 Å². The van der Waals surface area contributed by atoms with Crippen molar-refractivity contribution in [3.8, 4) is 22.4 Å². The molecule has 0 N–H and O–H groups in total. The minimum Gasteiger partial charge on any atom is -0.454 e. The second kappa shape index (κ2) is 8.02. The molecule has 0 unspecified atom stereocenters. The lowest BCUT2D eigenvalue weighted by Gasteiger charge is -2.25. The van der Waals surface area contributed by atoms with Crippen LogP contribution < -0.4 is 4.57 Å². The SMILES string of the molecule is [2H]C1([2H])c2cc(-c3c(F)ccc4c3oc3c(-c5cccc[n+]5C)c(C)ccc34)cc(C(C)(C)C)c2C([2H])([2H])C1(C)C. The number of hydrogen-bond donors (Lipinski definition) is 0. The molecule has 37 heavy (non-hydrogen) atoms. The van der Waals surface area contributed by atoms with E-state index in [1.165, 1.54) is 6.07 Å². The molecule has 1 aliphatic rings. The van der Waals surface area contributed by atoms with Crippen molar-refractivity contribution in [1.29, 1.82) is 0 Å². The summed E-state index contributed by atoms with van der Waals surface area (Å²) in [4.78, 5) is 0. The predicted molar refractivity (Wildman–Crippen MR) is 150 cm³/mol. The Labute approximate surface area is 224 Å². The monoisotopic (exact) mass is 496 g/mol. The lowest BCUT2D eigenvalue weighted by atomic mass is 9.80. The van der Waals surface area contributed by atoms with Crippen LogP contribution >= 0.6 is 0 Å². The average Bonchev–Trinajstić information content (AvgIpc) is 3.29. The molecule has 0 bridgehead atoms. The van der Waals surface area contributed by atoms with E-state index in [4.69, 9.17) is 9.90 Å². The number of halogens is 1. The fourth-order valence-corrected chi connectivity index (χ4v) is 5.64. The minimum absolute atomic E-state index is 0.258. The Hall–Kier alpha value is -3.46. The molecule has 2 heterocycles. The van der Waals surface area contributed by atoms with Crippen LogP contribution in [0, 0.1) is 18.2 Å². The molecule has 3 aromatic carbocycles. The van der Waals surface area contributed by atoms with Gasteiger partial charge in [-0.1, -0.05) is 58.9 Å². The van der Waals surface area contributed by atoms with Gasteiger partial charge in [0, 0.05) is 28.4 Å². The van der Waals surface area contributed by atoms with Crippen molar-refractivity contribution < 1.29 is 18.9 Å². The zero-order chi connectivity index (χ0) is 29.9. The second-order valence-corrected chi connectivity index (χ2v) is 11.8. The summed E-state index contributed by atoms with van der Waals surface area (Å²) in [7, 11) is 1.98. The average molecular weight is 497 g/mol. The van der Waals surface area contributed by atoms with Crippen LogP contribution in [0.3, 0.4) is 0 Å². The van der Waals surface area contributed by atoms with Crippen molar-refractivity contribution in [2.24, 2.45) is 12.5 Å². The van der Waals surface area contributed by atoms with Gasteiger partial charge in [-0.2, -0.15) is 0 Å². The van der Waals surface area contributed by atoms with Gasteiger partial charge < -0.3 is 4.42 Å². The highest BCUT2D eigenvalue weighted by Gasteiger charge is 2.34. The van der Waals surface area contributed by atoms with Gasteiger partial charge in [-0.3, -0.25) is 0 Å². The number of nitrogens with zero attached hydrogens (tertiary/aromatic N) is 1. The fourth-order valence-electron chi connectivity index (χ4n) is 5.64. The Morgan fingerprint density at radius 1 is 0.946 bits per heavy atom. The number of benzene rings is 3. The van der Waals surface area contributed by atoms with Gasteiger partial charge in [0.25, 0.3) is 0 Å². The van der Waals surface area contributed by atoms with Crippen LogP contribution in [-0.4, -0.2) is 0 Å². The molecule has 0 aliphatic heterocycles. The van der Waals surface area contributed by atoms with Crippen LogP contribution in [0.4, 0.5) is 4.39 Å². The molecule has 0 saturated carbocycles. The van der Waals surface area contributed by atoms with Gasteiger partial charge in [0.1, 0.15) is 24.0 Å². The van der Waals surface area contributed by atoms with E-state index in [-0.39, 0.29) is 11.1 Å². The molecule has 0 fully saturated rings. The molecule has 0 radical (unpaired) electrons. The summed E-state index contributed by atoms with van der Waals surface area (Å²) in [6.07, 6.45) is -1.92. The van der Waals surface area contributed by atoms with Gasteiger partial charge >= 0.3 is 0 Å². The Bertz CT molecular complexity index is 1900. The van der Waals surface area contributed by atoms with Crippen LogP contribution in [0.5, 0.6) is 0 Å². The first kappa shape index (κ1) is 19.6. The normalized spacial score (nSPS) is 19.4. The number of aryl methyl sites for hydroxylation is 2. The largest absolute Gasteiger partial charge is 0.454 e. The van der Waals surface area contributed by atoms with Crippen LogP contribution in [0.2, 0.25) is 0 Å². The summed E-state index contributed by atoms with van der Waals surface area (Å²) in [5.74, 6) is -0.472. The molecule has 0 spiro atoms. The summed E-state index contributed by atoms with van der Waals surface area (Å²) < 4.78 is 60.8. The van der Waals surface area contributed by atoms with E-state index in [2.05, 4.69) is 6.07 Å². The maximum atomic E-state index is 15.9. The first-order valence-corrected chi connectivity index (χ1v) is 12.8. The fraction of sp³-hybridized carbons (Fsp3) is 0.324. The van der Waals surface area contributed by atoms with Crippen molar-refractivity contribution >= 4 is 21.9 Å². The van der Waals surface area contributed by atoms with E-state index in [0.29, 0.717) is 27.9 Å². The molecular formula is C34H35FNO+. The van der Waals surface area contributed by atoms with Gasteiger partial charge in [-0.05, 0) is 76.5 Å². The maximum absolute atomic E-state index is 15.9. The number of rotatable bonds is 2. The first-order chi connectivity index (χ1) is 19.0. The summed E-state index contributed by atoms with van der Waals surface area (Å²) >= 11 is 0. The topological polar surface area (TPSA) is 17.0 Å². The van der Waals surface area contributed by atoms with E-state index < -0.39 is 29.4 Å². The summed E-state index contributed by atoms with van der Waals surface area (Å²) in [5.41, 5.74) is 4.21. The second-order valence-electron chi connectivity index (χ2n) is 11.8. The summed E-state index contributed by atoms with van der Waals surface area (Å²) in [5, 5.41) is 1.64. The Morgan fingerprint density at radius 3 is 2.35 bits per heavy atom. The van der Waals surface area contributed by atoms with Crippen molar-refractivity contribution in [3.05, 3.63) is 88.9 Å². The molecule has 1 aliphatic carbocycles. The third kappa shape index (κ3) is 3.79. The number of furan rings is 1. The smallest absolute Gasteiger partial charge is 0.216 e. The Morgan fingerprint density at radius 2 is 1.65 bits per heavy atom. The molecule has 188 valence electrons. The van der Waals surface area contributed by atoms with Crippen molar-refractivity contribution in [3.63, 3.8) is 0 Å². The number of pyridine rings is 1. The molecular weight excluding hydrogens is 457 g/mol. The molecule has 6 rings (SSSR count). The highest BCUT2D eigenvalue weighted by atomic mass is 19.1. The van der Waals surface area contributed by atoms with Crippen LogP contribution in [0.1, 0.15) is 62.4 Å². The highest BCUT2D eigenvalue weighted by molar-refractivity contribution is 6.13. The predicted octanol–water partition coefficient (Wildman–Crippen LogP) is 8.61. The number of fused-ring (bicyclic) bond motifs is 4. The van der Waals surface area contributed by atoms with Crippen LogP contribution in [-0.2, 0) is 25.2 Å². The third-order valence-corrected chi connectivity index (χ3v) is 7.40. The number of hydrogen-bond acceptors (Lipinski definition) is 1. The maximum Gasteiger partial charge on any atom is 0.216 e. The molecule has 2 aromatic heterocycles. The van der Waals surface area contributed by atoms with E-state index in [0.717, 1.165) is 27.6 Å². The molecule has 5 aromatic rings. The Kier molecular flexibility index (Phi) is 4.25. The van der Waals surface area contributed by atoms with Gasteiger partial charge in [-0.15, -0.1) is 0 Å². The van der Waals surface area contributed by atoms with Crippen LogP contribution in [0.15, 0.2) is 65.2 Å². The zero-order valence-corrected chi connectivity index (χ0v) is 22.5. The highest BCUT2D eigenvalue weighted by Crippen LogP contribution is 2.46. The standard InChI is InChI=1S/C34H35FNO/c1-20-11-12-23-24-13-14-27(35)30(32(24)37-31(23)29(20)28-10-8-9-15-36(28)7)21-16-22-18-34(5,6)19-25(22)26(17-21)33(2,3)4/h8-17H,18-19H2,1-7H3/q+1/i18D2,19D2. The van der Waals surface area contributed by atoms with E-state index in [9.17, 15) is 0 Å². The molecule has 0 atom stereocenters. The Balaban J connectivity index is 1.72. The van der Waals surface area contributed by atoms with E-state index >= 15 is 4.39 Å². The van der Waals surface area contributed by atoms with Gasteiger partial charge in [0.15, 0.2) is 6.20 Å². The van der Waals surface area contributed by atoms with Gasteiger partial charge in [-0.25, -0.2) is 8.96 Å². The molecule has 0 saturated heterocycles. The summed E-state index contributed by atoms with van der Waals surface area (Å²) in [6.45, 7) is 11.2. The van der Waals surface area contributed by atoms with Crippen LogP contribution in [0.25, 0.3) is 44.3 Å². The van der Waals surface area contributed by atoms with Crippen molar-refractivity contribution in [2.45, 2.75) is 59.7 Å². The molecule has 0 amide bonds. The quantitative estimate of drug-likeness (QED) is 0.224. The molecule has 2 nitrogen and oxygen atoms in total. The zero-order valence-electron chi connectivity index (χ0n) is 26.5. The lowest BCUT2D eigenvalue weighted by molar-refractivity contribution is -0.660. The summed E-state index contributed by atoms with van der Waals surface area (Å²) in [6, 6.07) is 16.7. The van der Waals surface area contributed by atoms with Crippen molar-refractivity contribution in [2.75, 3.05) is 0 Å². The van der Waals surface area contributed by atoms with Gasteiger partial charge in [0.2, 0.25) is 5.69 Å². The molecule has 3 heteroatoms. The van der Waals surface area contributed by atoms with E-state index in [1.807, 2.05) is 75.8 Å². The lowest BCUT2D eigenvalue weighted by Crippen LogP contribution is -2.30. The first-order valence-electron chi connectivity index (χ1n) is 14.8. The van der Waals surface area contributed by atoms with E-state index in [1.54, 1.807) is 26.0 Å². The minimum atomic E-state index is -1.98. The van der Waals surface area contributed by atoms with Gasteiger partial charge in [0.05, 0.1) is 11.1 Å². The third-order valence-electron chi connectivity index (χ3n) is 7.40. The number of aromatic nitrogens is 1.